The Kier molecular flexibility index (Phi) is 5.98. The van der Waals surface area contributed by atoms with Crippen molar-refractivity contribution in [2.75, 3.05) is 18.4 Å². The number of amides is 3. The Morgan fingerprint density at radius 3 is 2.37 bits per heavy atom. The third kappa shape index (κ3) is 4.59. The molecule has 0 unspecified atom stereocenters. The normalized spacial score (nSPS) is 22.3. The van der Waals surface area contributed by atoms with Crippen molar-refractivity contribution in [2.24, 2.45) is 5.92 Å². The van der Waals surface area contributed by atoms with E-state index >= 15 is 0 Å². The number of urea groups is 1. The number of anilines is 1. The summed E-state index contributed by atoms with van der Waals surface area (Å²) in [6, 6.07) is 5.03. The number of hydrogen-bond acceptors (Lipinski definition) is 3. The summed E-state index contributed by atoms with van der Waals surface area (Å²) in [5, 5.41) is 14.8. The van der Waals surface area contributed by atoms with Crippen LogP contribution in [0.4, 0.5) is 10.5 Å². The van der Waals surface area contributed by atoms with Crippen LogP contribution in [0, 0.1) is 12.8 Å². The maximum absolute atomic E-state index is 12.7. The van der Waals surface area contributed by atoms with Crippen LogP contribution in [0.2, 0.25) is 0 Å². The second kappa shape index (κ2) is 8.41. The molecule has 3 N–H and O–H groups in total. The quantitative estimate of drug-likeness (QED) is 0.755. The lowest BCUT2D eigenvalue weighted by atomic mass is 9.86. The molecule has 1 aliphatic carbocycles. The first-order valence-corrected chi connectivity index (χ1v) is 9.65. The highest BCUT2D eigenvalue weighted by molar-refractivity contribution is 5.99. The largest absolute Gasteiger partial charge is 0.481 e. The second-order valence-electron chi connectivity index (χ2n) is 7.46. The number of carboxylic acids is 1. The summed E-state index contributed by atoms with van der Waals surface area (Å²) >= 11 is 0. The minimum absolute atomic E-state index is 0.0149. The van der Waals surface area contributed by atoms with Crippen molar-refractivity contribution in [3.63, 3.8) is 0 Å². The molecule has 7 heteroatoms. The zero-order chi connectivity index (χ0) is 19.4. The molecule has 2 fully saturated rings. The van der Waals surface area contributed by atoms with E-state index in [0.717, 1.165) is 31.5 Å². The number of benzene rings is 1. The predicted octanol–water partition coefficient (Wildman–Crippen LogP) is 3.00. The van der Waals surface area contributed by atoms with Gasteiger partial charge in [0.15, 0.2) is 0 Å². The highest BCUT2D eigenvalue weighted by atomic mass is 16.4. The summed E-state index contributed by atoms with van der Waals surface area (Å²) in [5.41, 5.74) is 2.01. The molecular weight excluding hydrogens is 346 g/mol. The SMILES string of the molecule is Cc1c(NC(=O)NC2CCC(C(=O)O)CC2)cccc1C(=O)N1CCCC1. The van der Waals surface area contributed by atoms with Crippen LogP contribution in [0.25, 0.3) is 0 Å². The molecule has 1 aromatic rings. The fourth-order valence-electron chi connectivity index (χ4n) is 3.92. The predicted molar refractivity (Wildman–Crippen MR) is 102 cm³/mol. The highest BCUT2D eigenvalue weighted by Crippen LogP contribution is 2.25. The number of nitrogens with zero attached hydrogens (tertiary/aromatic N) is 1. The first-order chi connectivity index (χ1) is 13.0. The number of carbonyl (C=O) groups excluding carboxylic acids is 2. The minimum atomic E-state index is -0.756. The second-order valence-corrected chi connectivity index (χ2v) is 7.46. The van der Waals surface area contributed by atoms with E-state index in [1.165, 1.54) is 0 Å². The molecule has 3 amide bonds. The fourth-order valence-corrected chi connectivity index (χ4v) is 3.92. The van der Waals surface area contributed by atoms with E-state index in [1.54, 1.807) is 18.2 Å². The van der Waals surface area contributed by atoms with Crippen molar-refractivity contribution in [2.45, 2.75) is 51.5 Å². The summed E-state index contributed by atoms with van der Waals surface area (Å²) in [5.74, 6) is -1.05. The Morgan fingerprint density at radius 2 is 1.74 bits per heavy atom. The molecule has 27 heavy (non-hydrogen) atoms. The van der Waals surface area contributed by atoms with Crippen molar-refractivity contribution in [3.8, 4) is 0 Å². The minimum Gasteiger partial charge on any atom is -0.481 e. The van der Waals surface area contributed by atoms with Gasteiger partial charge in [-0.2, -0.15) is 0 Å². The lowest BCUT2D eigenvalue weighted by Crippen LogP contribution is -2.41. The van der Waals surface area contributed by atoms with Gasteiger partial charge in [-0.15, -0.1) is 0 Å². The summed E-state index contributed by atoms with van der Waals surface area (Å²) < 4.78 is 0. The summed E-state index contributed by atoms with van der Waals surface area (Å²) in [6.07, 6.45) is 4.57. The number of carbonyl (C=O) groups is 3. The van der Waals surface area contributed by atoms with E-state index in [9.17, 15) is 14.4 Å². The highest BCUT2D eigenvalue weighted by Gasteiger charge is 2.27. The lowest BCUT2D eigenvalue weighted by molar-refractivity contribution is -0.142. The summed E-state index contributed by atoms with van der Waals surface area (Å²) in [4.78, 5) is 37.9. The number of nitrogens with one attached hydrogen (secondary N) is 2. The molecule has 0 radical (unpaired) electrons. The zero-order valence-corrected chi connectivity index (χ0v) is 15.7. The van der Waals surface area contributed by atoms with Gasteiger partial charge in [0, 0.05) is 30.4 Å². The maximum Gasteiger partial charge on any atom is 0.319 e. The van der Waals surface area contributed by atoms with Crippen molar-refractivity contribution < 1.29 is 19.5 Å². The Bertz CT molecular complexity index is 720. The van der Waals surface area contributed by atoms with Crippen LogP contribution in [0.3, 0.4) is 0 Å². The van der Waals surface area contributed by atoms with Crippen LogP contribution in [0.5, 0.6) is 0 Å². The van der Waals surface area contributed by atoms with E-state index in [-0.39, 0.29) is 23.9 Å². The van der Waals surface area contributed by atoms with Gasteiger partial charge in [0.2, 0.25) is 0 Å². The average Bonchev–Trinajstić information content (AvgIpc) is 3.18. The Morgan fingerprint density at radius 1 is 1.07 bits per heavy atom. The van der Waals surface area contributed by atoms with Gasteiger partial charge in [-0.3, -0.25) is 9.59 Å². The molecular formula is C20H27N3O4. The topological polar surface area (TPSA) is 98.7 Å². The van der Waals surface area contributed by atoms with Crippen molar-refractivity contribution in [1.29, 1.82) is 0 Å². The molecule has 0 atom stereocenters. The molecule has 0 bridgehead atoms. The number of rotatable bonds is 4. The molecule has 146 valence electrons. The number of carboxylic acid groups (broad SMARTS) is 1. The Labute approximate surface area is 159 Å². The van der Waals surface area contributed by atoms with Gasteiger partial charge < -0.3 is 20.6 Å². The van der Waals surface area contributed by atoms with Crippen LogP contribution in [0.1, 0.15) is 54.4 Å². The molecule has 1 aliphatic heterocycles. The van der Waals surface area contributed by atoms with Gasteiger partial charge in [-0.1, -0.05) is 6.07 Å². The van der Waals surface area contributed by atoms with Crippen LogP contribution < -0.4 is 10.6 Å². The molecule has 0 aromatic heterocycles. The third-order valence-electron chi connectivity index (χ3n) is 5.62. The zero-order valence-electron chi connectivity index (χ0n) is 15.7. The first kappa shape index (κ1) is 19.2. The molecule has 0 spiro atoms. The monoisotopic (exact) mass is 373 g/mol. The van der Waals surface area contributed by atoms with Crippen LogP contribution >= 0.6 is 0 Å². The molecule has 7 nitrogen and oxygen atoms in total. The molecule has 1 heterocycles. The standard InChI is InChI=1S/C20H27N3O4/c1-13-16(18(24)23-11-2-3-12-23)5-4-6-17(13)22-20(27)21-15-9-7-14(8-10-15)19(25)26/h4-6,14-15H,2-3,7-12H2,1H3,(H,25,26)(H2,21,22,27). The van der Waals surface area contributed by atoms with Crippen LogP contribution in [-0.4, -0.2) is 47.0 Å². The van der Waals surface area contributed by atoms with Gasteiger partial charge in [0.1, 0.15) is 0 Å². The van der Waals surface area contributed by atoms with Gasteiger partial charge in [0.25, 0.3) is 5.91 Å². The summed E-state index contributed by atoms with van der Waals surface area (Å²) in [6.45, 7) is 3.42. The molecule has 1 aromatic carbocycles. The van der Waals surface area contributed by atoms with Crippen molar-refractivity contribution in [3.05, 3.63) is 29.3 Å². The van der Waals surface area contributed by atoms with E-state index in [2.05, 4.69) is 10.6 Å². The van der Waals surface area contributed by atoms with Crippen LogP contribution in [0.15, 0.2) is 18.2 Å². The van der Waals surface area contributed by atoms with Gasteiger partial charge in [-0.25, -0.2) is 4.79 Å². The van der Waals surface area contributed by atoms with E-state index < -0.39 is 5.97 Å². The third-order valence-corrected chi connectivity index (χ3v) is 5.62. The number of aliphatic carboxylic acids is 1. The Balaban J connectivity index is 1.59. The number of hydrogen-bond donors (Lipinski definition) is 3. The molecule has 1 saturated heterocycles. The van der Waals surface area contributed by atoms with E-state index in [4.69, 9.17) is 5.11 Å². The van der Waals surface area contributed by atoms with Crippen molar-refractivity contribution in [1.82, 2.24) is 10.2 Å². The lowest BCUT2D eigenvalue weighted by Gasteiger charge is -2.27. The molecule has 3 rings (SSSR count). The van der Waals surface area contributed by atoms with Gasteiger partial charge in [-0.05, 0) is 63.1 Å². The van der Waals surface area contributed by atoms with Crippen LogP contribution in [-0.2, 0) is 4.79 Å². The Hall–Kier alpha value is -2.57. The average molecular weight is 373 g/mol. The maximum atomic E-state index is 12.7. The smallest absolute Gasteiger partial charge is 0.319 e. The summed E-state index contributed by atoms with van der Waals surface area (Å²) in [7, 11) is 0. The number of likely N-dealkylation sites (tertiary alicyclic amines) is 1. The van der Waals surface area contributed by atoms with Gasteiger partial charge >= 0.3 is 12.0 Å². The molecule has 2 aliphatic rings. The molecule has 1 saturated carbocycles. The van der Waals surface area contributed by atoms with Gasteiger partial charge in [0.05, 0.1) is 5.92 Å². The van der Waals surface area contributed by atoms with E-state index in [1.807, 2.05) is 11.8 Å². The van der Waals surface area contributed by atoms with E-state index in [0.29, 0.717) is 36.9 Å². The van der Waals surface area contributed by atoms with Crippen molar-refractivity contribution >= 4 is 23.6 Å². The fraction of sp³-hybridized carbons (Fsp3) is 0.550. The first-order valence-electron chi connectivity index (χ1n) is 9.65.